The molecule has 12 amide bonds. The van der Waals surface area contributed by atoms with Gasteiger partial charge in [0.25, 0.3) is 0 Å². The van der Waals surface area contributed by atoms with Crippen LogP contribution in [-0.4, -0.2) is 250 Å². The Morgan fingerprint density at radius 1 is 0.615 bits per heavy atom. The van der Waals surface area contributed by atoms with Gasteiger partial charge in [-0.1, -0.05) is 146 Å². The zero-order valence-electron chi connectivity index (χ0n) is 65.7. The first-order valence-electron chi connectivity index (χ1n) is 40.0. The second-order valence-corrected chi connectivity index (χ2v) is 33.2. The number of likely N-dealkylation sites (N-methyl/N-ethyl adjacent to an activating group) is 6. The monoisotopic (exact) mass is 1540 g/mol. The zero-order valence-corrected chi connectivity index (χ0v) is 66.4. The van der Waals surface area contributed by atoms with Crippen molar-refractivity contribution in [3.8, 4) is 0 Å². The van der Waals surface area contributed by atoms with Crippen LogP contribution in [0.1, 0.15) is 211 Å². The first-order valence-corrected chi connectivity index (χ1v) is 40.4. The average Bonchev–Trinajstić information content (AvgIpc) is 1.73. The number of hydrogen-bond acceptors (Lipinski definition) is 12. The molecule has 3 N–H and O–H groups in total. The van der Waals surface area contributed by atoms with Crippen molar-refractivity contribution < 1.29 is 70.7 Å². The van der Waals surface area contributed by atoms with Gasteiger partial charge in [-0.05, 0) is 137 Å². The number of nitrogens with zero attached hydrogens (tertiary/aromatic N) is 9. The first kappa shape index (κ1) is 85.2. The summed E-state index contributed by atoms with van der Waals surface area (Å²) < 4.78 is 42.2. The van der Waals surface area contributed by atoms with E-state index in [0.717, 1.165) is 75.5 Å². The molecule has 4 saturated heterocycles. The molecule has 7 aliphatic rings. The average molecular weight is 1540 g/mol. The summed E-state index contributed by atoms with van der Waals surface area (Å²) in [6, 6.07) is 2.48. The van der Waals surface area contributed by atoms with Gasteiger partial charge >= 0.3 is 6.18 Å². The molecule has 0 radical (unpaired) electrons. The fraction of sp³-hybridized carbons (Fsp3) is 0.704. The number of hydrogen-bond donors (Lipinski definition) is 3. The van der Waals surface area contributed by atoms with Crippen molar-refractivity contribution in [2.75, 3.05) is 81.6 Å². The molecule has 1 spiro atoms. The first-order chi connectivity index (χ1) is 51.7. The van der Waals surface area contributed by atoms with E-state index < -0.39 is 179 Å². The molecule has 109 heavy (non-hydrogen) atoms. The van der Waals surface area contributed by atoms with Crippen LogP contribution in [0.5, 0.6) is 0 Å². The molecular weight excluding hydrogens is 1430 g/mol. The fourth-order valence-corrected chi connectivity index (χ4v) is 18.3. The van der Waals surface area contributed by atoms with Gasteiger partial charge in [0.15, 0.2) is 0 Å². The van der Waals surface area contributed by atoms with Crippen molar-refractivity contribution in [2.24, 2.45) is 23.7 Å². The number of rotatable bonds is 12. The van der Waals surface area contributed by atoms with E-state index in [0.29, 0.717) is 70.0 Å². The predicted molar refractivity (Wildman–Crippen MR) is 405 cm³/mol. The summed E-state index contributed by atoms with van der Waals surface area (Å²) in [5, 5.41) is 8.40. The van der Waals surface area contributed by atoms with Crippen LogP contribution in [-0.2, 0) is 70.1 Å². The quantitative estimate of drug-likeness (QED) is 0.181. The summed E-state index contributed by atoms with van der Waals surface area (Å²) >= 11 is 6.26. The van der Waals surface area contributed by atoms with Crippen LogP contribution < -0.4 is 16.0 Å². The Bertz CT molecular complexity index is 3580. The van der Waals surface area contributed by atoms with Gasteiger partial charge in [-0.15, -0.1) is 0 Å². The number of carbonyl (C=O) groups excluding carboxylic acids is 12. The van der Waals surface area contributed by atoms with E-state index in [-0.39, 0.29) is 76.3 Å². The molecule has 9 rings (SSSR count). The van der Waals surface area contributed by atoms with Crippen molar-refractivity contribution in [1.82, 2.24) is 60.0 Å². The maximum absolute atomic E-state index is 16.1. The number of likely N-dealkylation sites (tertiary alicyclic amines) is 1. The van der Waals surface area contributed by atoms with Crippen LogP contribution >= 0.6 is 11.6 Å². The van der Waals surface area contributed by atoms with Crippen LogP contribution in [0.3, 0.4) is 0 Å². The van der Waals surface area contributed by atoms with Gasteiger partial charge in [0.1, 0.15) is 53.9 Å². The molecule has 4 heterocycles. The Morgan fingerprint density at radius 2 is 1.25 bits per heavy atom. The van der Waals surface area contributed by atoms with Crippen molar-refractivity contribution in [3.63, 3.8) is 0 Å². The molecule has 24 nitrogen and oxygen atoms in total. The molecule has 10 atom stereocenters. The van der Waals surface area contributed by atoms with Crippen molar-refractivity contribution >= 4 is 82.5 Å². The Kier molecular flexibility index (Phi) is 29.6. The molecule has 3 saturated carbocycles. The molecule has 7 fully saturated rings. The number of halogens is 4. The maximum atomic E-state index is 16.1. The van der Waals surface area contributed by atoms with Crippen molar-refractivity contribution in [1.29, 1.82) is 0 Å². The number of fused-ring (bicyclic) bond motifs is 2. The highest BCUT2D eigenvalue weighted by Crippen LogP contribution is 2.40. The number of carbonyl (C=O) groups is 12. The number of alkyl halides is 3. The number of benzene rings is 2. The molecular formula is C81H118ClF3N12O12. The zero-order chi connectivity index (χ0) is 79.3. The van der Waals surface area contributed by atoms with Crippen molar-refractivity contribution in [2.45, 2.75) is 261 Å². The Morgan fingerprint density at radius 3 is 1.87 bits per heavy atom. The number of piperidine rings is 1. The third-order valence-corrected chi connectivity index (χ3v) is 25.0. The third-order valence-electron chi connectivity index (χ3n) is 24.7. The van der Waals surface area contributed by atoms with Gasteiger partial charge in [0.2, 0.25) is 70.9 Å². The number of amides is 12. The number of aryl methyl sites for hydroxylation is 1. The highest BCUT2D eigenvalue weighted by atomic mass is 35.5. The highest BCUT2D eigenvalue weighted by Gasteiger charge is 2.53. The summed E-state index contributed by atoms with van der Waals surface area (Å²) in [5.74, 6) is -9.01. The lowest BCUT2D eigenvalue weighted by molar-refractivity contribution is -0.157. The van der Waals surface area contributed by atoms with Gasteiger partial charge in [0.05, 0.1) is 30.1 Å². The van der Waals surface area contributed by atoms with E-state index in [1.807, 2.05) is 51.1 Å². The topological polar surface area (TPSA) is 270 Å². The Balaban J connectivity index is 1.13. The molecule has 0 unspecified atom stereocenters. The van der Waals surface area contributed by atoms with E-state index in [1.54, 1.807) is 11.8 Å². The highest BCUT2D eigenvalue weighted by molar-refractivity contribution is 6.31. The van der Waals surface area contributed by atoms with Gasteiger partial charge < -0.3 is 60.0 Å². The molecule has 2 aromatic rings. The second kappa shape index (κ2) is 37.9. The van der Waals surface area contributed by atoms with Crippen LogP contribution in [0, 0.1) is 23.7 Å². The SMILES string of the molecule is CC[C@H](C)[C@@H]1NC(=O)[C@H](CC(C)C)N(C)C(=O)C[C@@H](C(=O)N2CCCCC2)N(C)C(=O)[C@H](C2CCCCC2)N(C)C(=O)C2(CCCC2)NC(=O)[C@@H]2C[C@@H](c3ccccc3)CN2C(=O)[C@H](CCc2ccc(C(F)(F)F)c(Cl)c2)NC(=O)CN(C)C(=O)[C@H](CC2CCCCC2)N(C)C(=O)[C@@H]2CCCN2C(=O)CN(C)C1=O. The van der Waals surface area contributed by atoms with Crippen LogP contribution in [0.4, 0.5) is 13.2 Å². The van der Waals surface area contributed by atoms with Gasteiger partial charge in [-0.2, -0.15) is 13.2 Å². The standard InChI is InChI=1S/C81H118ClF3N12O12/c1-11-52(4)69-77(107)90(6)50-68(100)96-42-26-33-61(96)75(105)92(8)64(45-53-27-16-12-17-28-53)74(104)89(5)49-66(98)86-60(37-35-54-34-36-58(59(82)44-54)81(83,84)85)73(103)97-48-57(55-29-18-13-19-30-55)46-63(97)72(102)88-80(38-22-23-39-80)79(109)94(10)70(56-31-20-14-21-32-56)78(108)93(9)65(76(106)95-40-24-15-25-41-95)47-67(99)91(7)62(43-51(2)3)71(101)87-69/h13,18-19,29-30,34,36,44,51-53,56-57,60-65,69-70H,11-12,14-17,20-28,31-33,35,37-43,45-50H2,1-10H3,(H,86,98)(H,87,101)(H,88,102)/t52-,57+,60-,61-,62-,63-,64-,65-,69-,70-/m0/s1. The van der Waals surface area contributed by atoms with Crippen LogP contribution in [0.25, 0.3) is 0 Å². The smallest absolute Gasteiger partial charge is 0.343 e. The second-order valence-electron chi connectivity index (χ2n) is 32.8. The van der Waals surface area contributed by atoms with Crippen LogP contribution in [0.2, 0.25) is 5.02 Å². The van der Waals surface area contributed by atoms with E-state index in [2.05, 4.69) is 16.0 Å². The molecule has 3 aliphatic carbocycles. The maximum Gasteiger partial charge on any atom is 0.417 e. The lowest BCUT2D eigenvalue weighted by Gasteiger charge is -2.43. The minimum Gasteiger partial charge on any atom is -0.343 e. The van der Waals surface area contributed by atoms with Crippen molar-refractivity contribution in [3.05, 3.63) is 70.2 Å². The van der Waals surface area contributed by atoms with E-state index in [1.165, 1.54) is 87.6 Å². The fourth-order valence-electron chi connectivity index (χ4n) is 17.9. The molecule has 2 aromatic carbocycles. The van der Waals surface area contributed by atoms with Crippen LogP contribution in [0.15, 0.2) is 48.5 Å². The minimum absolute atomic E-state index is 0.0121. The Labute approximate surface area is 646 Å². The normalized spacial score (nSPS) is 27.5. The predicted octanol–water partition coefficient (Wildman–Crippen LogP) is 8.35. The third kappa shape index (κ3) is 20.7. The van der Waals surface area contributed by atoms with Gasteiger partial charge in [-0.3, -0.25) is 57.5 Å². The van der Waals surface area contributed by atoms with E-state index in [9.17, 15) is 27.6 Å². The lowest BCUT2D eigenvalue weighted by atomic mass is 9.81. The largest absolute Gasteiger partial charge is 0.417 e. The minimum atomic E-state index is -4.78. The molecule has 0 bridgehead atoms. The molecule has 0 aromatic heterocycles. The summed E-state index contributed by atoms with van der Waals surface area (Å²) in [7, 11) is 8.81. The van der Waals surface area contributed by atoms with E-state index >= 15 is 43.2 Å². The Hall–Kier alpha value is -7.84. The molecule has 4 aliphatic heterocycles. The summed E-state index contributed by atoms with van der Waals surface area (Å²) in [6.45, 7) is 7.13. The molecule has 28 heteroatoms. The summed E-state index contributed by atoms with van der Waals surface area (Å²) in [5.41, 5.74) is -1.61. The molecule has 602 valence electrons. The summed E-state index contributed by atoms with van der Waals surface area (Å²) in [4.78, 5) is 196. The summed E-state index contributed by atoms with van der Waals surface area (Å²) in [6.07, 6.45) is 7.15. The van der Waals surface area contributed by atoms with E-state index in [4.69, 9.17) is 11.6 Å². The van der Waals surface area contributed by atoms with Gasteiger partial charge in [-0.25, -0.2) is 0 Å². The van der Waals surface area contributed by atoms with Gasteiger partial charge in [0, 0.05) is 74.4 Å². The number of nitrogens with one attached hydrogen (secondary N) is 3. The lowest BCUT2D eigenvalue weighted by Crippen LogP contribution is -2.65.